The summed E-state index contributed by atoms with van der Waals surface area (Å²) in [5.74, 6) is 2.31. The van der Waals surface area contributed by atoms with E-state index in [2.05, 4.69) is 35.7 Å². The molecular formula is C17H22Cl2N8O2S. The fraction of sp³-hybridized carbons (Fsp3) is 0.412. The van der Waals surface area contributed by atoms with Gasteiger partial charge in [0.15, 0.2) is 21.3 Å². The van der Waals surface area contributed by atoms with Gasteiger partial charge in [0.25, 0.3) is 0 Å². The molecule has 2 N–H and O–H groups in total. The van der Waals surface area contributed by atoms with E-state index in [0.717, 1.165) is 23.8 Å². The molecule has 0 unspecified atom stereocenters. The second-order valence-corrected chi connectivity index (χ2v) is 9.19. The van der Waals surface area contributed by atoms with Gasteiger partial charge in [0, 0.05) is 31.5 Å². The van der Waals surface area contributed by atoms with Crippen molar-refractivity contribution in [2.24, 2.45) is 0 Å². The smallest absolute Gasteiger partial charge is 0.224 e. The van der Waals surface area contributed by atoms with Crippen LogP contribution in [-0.2, 0) is 16.4 Å². The van der Waals surface area contributed by atoms with Crippen molar-refractivity contribution in [2.75, 3.05) is 34.8 Å². The lowest BCUT2D eigenvalue weighted by atomic mass is 10.1. The van der Waals surface area contributed by atoms with Crippen LogP contribution in [0.15, 0.2) is 36.7 Å². The lowest BCUT2D eigenvalue weighted by Crippen LogP contribution is -2.57. The van der Waals surface area contributed by atoms with Gasteiger partial charge < -0.3 is 15.5 Å². The van der Waals surface area contributed by atoms with Crippen LogP contribution in [0.25, 0.3) is 5.65 Å². The summed E-state index contributed by atoms with van der Waals surface area (Å²) in [6, 6.07) is 7.41. The number of rotatable bonds is 4. The van der Waals surface area contributed by atoms with Crippen molar-refractivity contribution < 1.29 is 8.42 Å². The van der Waals surface area contributed by atoms with Gasteiger partial charge in [-0.05, 0) is 18.2 Å². The van der Waals surface area contributed by atoms with Crippen LogP contribution in [0.1, 0.15) is 5.82 Å². The molecule has 5 rings (SSSR count). The fourth-order valence-electron chi connectivity index (χ4n) is 3.92. The Kier molecular flexibility index (Phi) is 6.65. The van der Waals surface area contributed by atoms with E-state index in [-0.39, 0.29) is 48.4 Å². The van der Waals surface area contributed by atoms with Crippen LogP contribution >= 0.6 is 24.8 Å². The summed E-state index contributed by atoms with van der Waals surface area (Å²) in [5.41, 5.74) is 0.781. The van der Waals surface area contributed by atoms with Crippen molar-refractivity contribution in [2.45, 2.75) is 18.6 Å². The zero-order valence-corrected chi connectivity index (χ0v) is 18.3. The standard InChI is InChI=1S/C17H20N8O2S.2ClH/c26-28(27)10-12-13(11-28)24(8-6-18-12)14-4-5-19-17(21-14)20-9-16-23-22-15-3-1-2-7-25(15)16;;/h1-5,7,12-13,18H,6,8-11H2,(H,19,20,21);2*1H/t12-,13+;;/m0../s1. The molecule has 0 aromatic carbocycles. The molecule has 0 aliphatic carbocycles. The molecule has 0 radical (unpaired) electrons. The second-order valence-electron chi connectivity index (χ2n) is 7.04. The van der Waals surface area contributed by atoms with Gasteiger partial charge in [-0.2, -0.15) is 4.98 Å². The van der Waals surface area contributed by atoms with E-state index in [9.17, 15) is 8.42 Å². The number of pyridine rings is 1. The van der Waals surface area contributed by atoms with Crippen molar-refractivity contribution in [3.8, 4) is 0 Å². The summed E-state index contributed by atoms with van der Waals surface area (Å²) in [6.45, 7) is 1.87. The molecule has 2 aliphatic heterocycles. The third-order valence-corrected chi connectivity index (χ3v) is 6.92. The first-order valence-corrected chi connectivity index (χ1v) is 11.0. The van der Waals surface area contributed by atoms with E-state index in [1.807, 2.05) is 34.9 Å². The van der Waals surface area contributed by atoms with Gasteiger partial charge in [0.05, 0.1) is 24.1 Å². The van der Waals surface area contributed by atoms with Gasteiger partial charge in [-0.15, -0.1) is 35.0 Å². The first kappa shape index (κ1) is 22.5. The number of nitrogens with zero attached hydrogens (tertiary/aromatic N) is 6. The molecular weight excluding hydrogens is 451 g/mol. The van der Waals surface area contributed by atoms with E-state index in [1.165, 1.54) is 0 Å². The number of sulfone groups is 1. The Morgan fingerprint density at radius 2 is 2.03 bits per heavy atom. The molecule has 0 amide bonds. The fourth-order valence-corrected chi connectivity index (χ4v) is 5.87. The summed E-state index contributed by atoms with van der Waals surface area (Å²) in [4.78, 5) is 11.0. The van der Waals surface area contributed by atoms with E-state index in [0.29, 0.717) is 19.0 Å². The Balaban J connectivity index is 0.00000128. The minimum absolute atomic E-state index is 0. The maximum Gasteiger partial charge on any atom is 0.224 e. The van der Waals surface area contributed by atoms with Crippen molar-refractivity contribution in [3.63, 3.8) is 0 Å². The Hall–Kier alpha value is -2.21. The Morgan fingerprint density at radius 1 is 1.17 bits per heavy atom. The molecule has 2 aliphatic rings. The summed E-state index contributed by atoms with van der Waals surface area (Å²) >= 11 is 0. The van der Waals surface area contributed by atoms with Crippen LogP contribution in [0.2, 0.25) is 0 Å². The third kappa shape index (κ3) is 4.29. The highest BCUT2D eigenvalue weighted by atomic mass is 35.5. The largest absolute Gasteiger partial charge is 0.350 e. The molecule has 3 aromatic rings. The first-order chi connectivity index (χ1) is 13.6. The summed E-state index contributed by atoms with van der Waals surface area (Å²) in [6.07, 6.45) is 3.60. The average molecular weight is 473 g/mol. The molecule has 10 nitrogen and oxygen atoms in total. The number of fused-ring (bicyclic) bond motifs is 2. The Bertz CT molecular complexity index is 1130. The van der Waals surface area contributed by atoms with Crippen molar-refractivity contribution in [3.05, 3.63) is 42.5 Å². The minimum Gasteiger partial charge on any atom is -0.350 e. The third-order valence-electron chi connectivity index (χ3n) is 5.21. The number of piperazine rings is 1. The number of hydrogen-bond acceptors (Lipinski definition) is 9. The van der Waals surface area contributed by atoms with Gasteiger partial charge in [-0.1, -0.05) is 6.07 Å². The zero-order valence-electron chi connectivity index (χ0n) is 15.9. The first-order valence-electron chi connectivity index (χ1n) is 9.15. The minimum atomic E-state index is -3.02. The van der Waals surface area contributed by atoms with Gasteiger partial charge in [-0.3, -0.25) is 4.40 Å². The molecule has 0 saturated carbocycles. The lowest BCUT2D eigenvalue weighted by molar-refractivity contribution is 0.423. The monoisotopic (exact) mass is 472 g/mol. The number of halogens is 2. The van der Waals surface area contributed by atoms with Gasteiger partial charge in [0.2, 0.25) is 5.95 Å². The summed E-state index contributed by atoms with van der Waals surface area (Å²) in [7, 11) is -3.02. The van der Waals surface area contributed by atoms with Crippen molar-refractivity contribution in [1.82, 2.24) is 29.9 Å². The van der Waals surface area contributed by atoms with Crippen LogP contribution in [0, 0.1) is 0 Å². The van der Waals surface area contributed by atoms with E-state index in [4.69, 9.17) is 0 Å². The topological polar surface area (TPSA) is 117 Å². The maximum atomic E-state index is 12.1. The van der Waals surface area contributed by atoms with Crippen LogP contribution in [-0.4, -0.2) is 69.7 Å². The molecule has 2 saturated heterocycles. The number of hydrogen-bond donors (Lipinski definition) is 2. The molecule has 162 valence electrons. The van der Waals surface area contributed by atoms with Gasteiger partial charge in [-0.25, -0.2) is 13.4 Å². The van der Waals surface area contributed by atoms with Crippen molar-refractivity contribution >= 4 is 52.1 Å². The predicted molar refractivity (Wildman–Crippen MR) is 118 cm³/mol. The van der Waals surface area contributed by atoms with Crippen LogP contribution < -0.4 is 15.5 Å². The normalized spacial score (nSPS) is 22.1. The number of aromatic nitrogens is 5. The molecule has 3 aromatic heterocycles. The van der Waals surface area contributed by atoms with Crippen LogP contribution in [0.4, 0.5) is 11.8 Å². The quantitative estimate of drug-likeness (QED) is 0.560. The molecule has 5 heterocycles. The van der Waals surface area contributed by atoms with Gasteiger partial charge >= 0.3 is 0 Å². The molecule has 30 heavy (non-hydrogen) atoms. The summed E-state index contributed by atoms with van der Waals surface area (Å²) < 4.78 is 26.0. The van der Waals surface area contributed by atoms with Crippen molar-refractivity contribution in [1.29, 1.82) is 0 Å². The van der Waals surface area contributed by atoms with E-state index < -0.39 is 9.84 Å². The molecule has 0 spiro atoms. The Labute approximate surface area is 186 Å². The van der Waals surface area contributed by atoms with E-state index >= 15 is 0 Å². The second kappa shape index (κ2) is 8.88. The summed E-state index contributed by atoms with van der Waals surface area (Å²) in [5, 5.41) is 14.8. The molecule has 13 heteroatoms. The number of anilines is 2. The highest BCUT2D eigenvalue weighted by molar-refractivity contribution is 7.91. The lowest BCUT2D eigenvalue weighted by Gasteiger charge is -2.38. The maximum absolute atomic E-state index is 12.1. The molecule has 2 atom stereocenters. The van der Waals surface area contributed by atoms with Crippen LogP contribution in [0.3, 0.4) is 0 Å². The highest BCUT2D eigenvalue weighted by Gasteiger charge is 2.43. The predicted octanol–water partition coefficient (Wildman–Crippen LogP) is 0.550. The highest BCUT2D eigenvalue weighted by Crippen LogP contribution is 2.26. The van der Waals surface area contributed by atoms with E-state index in [1.54, 1.807) is 6.20 Å². The van der Waals surface area contributed by atoms with Crippen LogP contribution in [0.5, 0.6) is 0 Å². The van der Waals surface area contributed by atoms with Gasteiger partial charge in [0.1, 0.15) is 5.82 Å². The number of nitrogens with one attached hydrogen (secondary N) is 2. The average Bonchev–Trinajstić information content (AvgIpc) is 3.25. The Morgan fingerprint density at radius 3 is 2.90 bits per heavy atom. The SMILES string of the molecule is Cl.Cl.O=S1(=O)C[C@@H]2NCCN(c3ccnc(NCc4nnc5ccccn45)n3)[C@@H]2C1. The zero-order chi connectivity index (χ0) is 19.1. The molecule has 2 fully saturated rings. The molecule has 0 bridgehead atoms.